The van der Waals surface area contributed by atoms with E-state index in [0.29, 0.717) is 0 Å². The lowest BCUT2D eigenvalue weighted by atomic mass is 9.67. The third-order valence-corrected chi connectivity index (χ3v) is 8.04. The Balaban J connectivity index is 1.66. The summed E-state index contributed by atoms with van der Waals surface area (Å²) in [5.41, 5.74) is 9.48. The minimum absolute atomic E-state index is 0.493. The lowest BCUT2D eigenvalue weighted by Gasteiger charge is -2.34. The number of hydrogen-bond donors (Lipinski definition) is 0. The number of hydrogen-bond acceptors (Lipinski definition) is 2. The van der Waals surface area contributed by atoms with Crippen LogP contribution in [0.1, 0.15) is 22.3 Å². The van der Waals surface area contributed by atoms with Gasteiger partial charge >= 0.3 is 0 Å². The van der Waals surface area contributed by atoms with Gasteiger partial charge in [0, 0.05) is 22.5 Å². The highest BCUT2D eigenvalue weighted by atomic mass is 15.1. The lowest BCUT2D eigenvalue weighted by Crippen LogP contribution is -2.29. The van der Waals surface area contributed by atoms with Gasteiger partial charge in [-0.1, -0.05) is 115 Å². The summed E-state index contributed by atoms with van der Waals surface area (Å²) in [4.78, 5) is 8.96. The van der Waals surface area contributed by atoms with Gasteiger partial charge in [-0.15, -0.1) is 0 Å². The molecule has 3 nitrogen and oxygen atoms in total. The maximum Gasteiger partial charge on any atom is 0.140 e. The Morgan fingerprint density at radius 2 is 1.24 bits per heavy atom. The van der Waals surface area contributed by atoms with E-state index in [0.717, 1.165) is 11.3 Å². The molecule has 0 aliphatic heterocycles. The van der Waals surface area contributed by atoms with Gasteiger partial charge < -0.3 is 0 Å². The third-order valence-electron chi connectivity index (χ3n) is 8.04. The number of nitrogens with zero attached hydrogens (tertiary/aromatic N) is 3. The molecule has 5 aromatic carbocycles. The van der Waals surface area contributed by atoms with E-state index in [1.54, 1.807) is 6.33 Å². The average Bonchev–Trinajstić information content (AvgIpc) is 3.50. The van der Waals surface area contributed by atoms with Crippen LogP contribution in [0.25, 0.3) is 38.8 Å². The van der Waals surface area contributed by atoms with Crippen molar-refractivity contribution in [1.82, 2.24) is 14.5 Å². The predicted molar refractivity (Wildman–Crippen MR) is 154 cm³/mol. The fourth-order valence-corrected chi connectivity index (χ4v) is 6.64. The van der Waals surface area contributed by atoms with Gasteiger partial charge in [0.05, 0.1) is 16.4 Å². The van der Waals surface area contributed by atoms with Crippen LogP contribution in [0, 0.1) is 0 Å². The molecule has 8 rings (SSSR count). The number of benzene rings is 5. The molecular weight excluding hydrogens is 462 g/mol. The first-order valence-corrected chi connectivity index (χ1v) is 12.9. The molecule has 0 fully saturated rings. The summed E-state index contributed by atoms with van der Waals surface area (Å²) in [6, 6.07) is 46.0. The Hall–Kier alpha value is -5.02. The minimum atomic E-state index is -0.493. The summed E-state index contributed by atoms with van der Waals surface area (Å²) < 4.78 is 2.33. The van der Waals surface area contributed by atoms with Crippen molar-refractivity contribution in [3.63, 3.8) is 0 Å². The quantitative estimate of drug-likeness (QED) is 0.254. The molecule has 0 bridgehead atoms. The lowest BCUT2D eigenvalue weighted by molar-refractivity contribution is 0.771. The SMILES string of the molecule is c1ccc(C2(c3ccccc3)c3ccccc3-c3ccc4c5ccccc5n(-c5ccncn5)c4c32)cc1. The zero-order valence-corrected chi connectivity index (χ0v) is 20.6. The Kier molecular flexibility index (Phi) is 4.44. The van der Waals surface area contributed by atoms with E-state index in [1.165, 1.54) is 49.7 Å². The largest absolute Gasteiger partial charge is 0.293 e. The van der Waals surface area contributed by atoms with Gasteiger partial charge in [-0.3, -0.25) is 4.57 Å². The highest BCUT2D eigenvalue weighted by Crippen LogP contribution is 2.58. The Morgan fingerprint density at radius 3 is 1.97 bits per heavy atom. The van der Waals surface area contributed by atoms with Crippen LogP contribution >= 0.6 is 0 Å². The van der Waals surface area contributed by atoms with Crippen molar-refractivity contribution in [2.24, 2.45) is 0 Å². The van der Waals surface area contributed by atoms with Gasteiger partial charge in [-0.05, 0) is 39.9 Å². The number of rotatable bonds is 3. The zero-order valence-electron chi connectivity index (χ0n) is 20.6. The maximum atomic E-state index is 4.74. The van der Waals surface area contributed by atoms with Crippen LogP contribution in [0.3, 0.4) is 0 Å². The van der Waals surface area contributed by atoms with Crippen LogP contribution in [0.15, 0.2) is 140 Å². The first-order chi connectivity index (χ1) is 18.9. The van der Waals surface area contributed by atoms with Gasteiger partial charge in [0.1, 0.15) is 12.1 Å². The van der Waals surface area contributed by atoms with Crippen molar-refractivity contribution in [2.45, 2.75) is 5.41 Å². The summed E-state index contributed by atoms with van der Waals surface area (Å²) in [7, 11) is 0. The van der Waals surface area contributed by atoms with E-state index in [-0.39, 0.29) is 0 Å². The van der Waals surface area contributed by atoms with Gasteiger partial charge in [-0.2, -0.15) is 0 Å². The summed E-state index contributed by atoms with van der Waals surface area (Å²) in [5.74, 6) is 0.866. The second kappa shape index (κ2) is 7.99. The van der Waals surface area contributed by atoms with E-state index in [1.807, 2.05) is 12.3 Å². The van der Waals surface area contributed by atoms with Gasteiger partial charge in [0.2, 0.25) is 0 Å². The first kappa shape index (κ1) is 21.1. The summed E-state index contributed by atoms with van der Waals surface area (Å²) in [6.45, 7) is 0. The molecule has 1 aliphatic rings. The van der Waals surface area contributed by atoms with Crippen molar-refractivity contribution in [3.8, 4) is 16.9 Å². The molecule has 2 heterocycles. The van der Waals surface area contributed by atoms with Crippen molar-refractivity contribution in [2.75, 3.05) is 0 Å². The van der Waals surface area contributed by atoms with Crippen molar-refractivity contribution in [3.05, 3.63) is 162 Å². The van der Waals surface area contributed by atoms with E-state index >= 15 is 0 Å². The fourth-order valence-electron chi connectivity index (χ4n) is 6.64. The molecule has 0 saturated heterocycles. The van der Waals surface area contributed by atoms with Gasteiger partial charge in [-0.25, -0.2) is 9.97 Å². The third kappa shape index (κ3) is 2.68. The van der Waals surface area contributed by atoms with Crippen LogP contribution in [0.4, 0.5) is 0 Å². The molecule has 3 heteroatoms. The molecule has 0 saturated carbocycles. The normalized spacial score (nSPS) is 13.5. The number of para-hydroxylation sites is 1. The summed E-state index contributed by atoms with van der Waals surface area (Å²) in [6.07, 6.45) is 3.46. The Bertz CT molecular complexity index is 1920. The van der Waals surface area contributed by atoms with E-state index < -0.39 is 5.41 Å². The molecule has 0 N–H and O–H groups in total. The van der Waals surface area contributed by atoms with E-state index in [2.05, 4.69) is 131 Å². The molecule has 38 heavy (non-hydrogen) atoms. The van der Waals surface area contributed by atoms with Crippen molar-refractivity contribution < 1.29 is 0 Å². The van der Waals surface area contributed by atoms with Gasteiger partial charge in [0.25, 0.3) is 0 Å². The smallest absolute Gasteiger partial charge is 0.140 e. The second-order valence-electron chi connectivity index (χ2n) is 9.83. The van der Waals surface area contributed by atoms with E-state index in [9.17, 15) is 0 Å². The summed E-state index contributed by atoms with van der Waals surface area (Å²) >= 11 is 0. The minimum Gasteiger partial charge on any atom is -0.293 e. The Morgan fingerprint density at radius 1 is 0.553 bits per heavy atom. The molecule has 0 amide bonds. The number of aromatic nitrogens is 3. The summed E-state index contributed by atoms with van der Waals surface area (Å²) in [5, 5.41) is 2.44. The molecule has 0 spiro atoms. The topological polar surface area (TPSA) is 30.7 Å². The van der Waals surface area contributed by atoms with Crippen LogP contribution < -0.4 is 0 Å². The fraction of sp³-hybridized carbons (Fsp3) is 0.0286. The second-order valence-corrected chi connectivity index (χ2v) is 9.83. The standard InChI is InChI=1S/C35H23N3/c1-3-11-24(12-4-1)35(25-13-5-2-6-14-25)30-17-9-7-15-26(30)28-19-20-29-27-16-8-10-18-31(27)38(34(29)33(28)35)32-21-22-36-23-37-32/h1-23H. The van der Waals surface area contributed by atoms with Crippen LogP contribution in [0.5, 0.6) is 0 Å². The maximum absolute atomic E-state index is 4.74. The highest BCUT2D eigenvalue weighted by Gasteiger charge is 2.48. The predicted octanol–water partition coefficient (Wildman–Crippen LogP) is 7.94. The molecular formula is C35H23N3. The highest BCUT2D eigenvalue weighted by molar-refractivity contribution is 6.13. The average molecular weight is 486 g/mol. The molecule has 1 aliphatic carbocycles. The van der Waals surface area contributed by atoms with Crippen LogP contribution in [-0.2, 0) is 5.41 Å². The van der Waals surface area contributed by atoms with Crippen LogP contribution in [-0.4, -0.2) is 14.5 Å². The molecule has 0 atom stereocenters. The van der Waals surface area contributed by atoms with Crippen LogP contribution in [0.2, 0.25) is 0 Å². The monoisotopic (exact) mass is 485 g/mol. The van der Waals surface area contributed by atoms with Crippen molar-refractivity contribution >= 4 is 21.8 Å². The number of fused-ring (bicyclic) bond motifs is 7. The molecule has 0 radical (unpaired) electrons. The Labute approximate surface area is 220 Å². The molecule has 7 aromatic rings. The molecule has 2 aromatic heterocycles. The van der Waals surface area contributed by atoms with E-state index in [4.69, 9.17) is 4.98 Å². The molecule has 0 unspecified atom stereocenters. The van der Waals surface area contributed by atoms with Gasteiger partial charge in [0.15, 0.2) is 0 Å². The zero-order chi connectivity index (χ0) is 25.1. The van der Waals surface area contributed by atoms with Crippen molar-refractivity contribution in [1.29, 1.82) is 0 Å². The molecule has 178 valence electrons. The first-order valence-electron chi connectivity index (χ1n) is 12.9.